The molecule has 0 radical (unpaired) electrons. The van der Waals surface area contributed by atoms with Crippen molar-refractivity contribution in [2.24, 2.45) is 0 Å². The fourth-order valence-corrected chi connectivity index (χ4v) is 3.65. The van der Waals surface area contributed by atoms with Gasteiger partial charge in [-0.25, -0.2) is 4.98 Å². The van der Waals surface area contributed by atoms with Crippen molar-refractivity contribution in [1.82, 2.24) is 4.98 Å². The Kier molecular flexibility index (Phi) is 3.76. The van der Waals surface area contributed by atoms with Gasteiger partial charge in [0.1, 0.15) is 5.75 Å². The zero-order valence-corrected chi connectivity index (χ0v) is 13.5. The van der Waals surface area contributed by atoms with Gasteiger partial charge in [-0.3, -0.25) is 0 Å². The first kappa shape index (κ1) is 14.5. The van der Waals surface area contributed by atoms with Crippen LogP contribution in [0.4, 0.5) is 0 Å². The van der Waals surface area contributed by atoms with Crippen LogP contribution in [0.15, 0.2) is 29.6 Å². The summed E-state index contributed by atoms with van der Waals surface area (Å²) < 4.78 is 5.65. The van der Waals surface area contributed by atoms with E-state index in [4.69, 9.17) is 4.74 Å². The Balaban J connectivity index is 1.73. The fourth-order valence-electron chi connectivity index (χ4n) is 2.58. The number of aromatic nitrogens is 1. The molecule has 21 heavy (non-hydrogen) atoms. The smallest absolute Gasteiger partial charge is 0.123 e. The number of aliphatic hydroxyl groups excluding tert-OH is 1. The number of nitrogens with zero attached hydrogens (tertiary/aromatic N) is 1. The van der Waals surface area contributed by atoms with Crippen LogP contribution in [0.5, 0.6) is 5.75 Å². The SMILES string of the molecule is CC(C)(C)c1csc(CC(O)C2COc3ccccc32)n1. The van der Waals surface area contributed by atoms with Crippen molar-refractivity contribution < 1.29 is 9.84 Å². The monoisotopic (exact) mass is 303 g/mol. The van der Waals surface area contributed by atoms with E-state index in [1.807, 2.05) is 24.3 Å². The molecule has 0 bridgehead atoms. The first-order chi connectivity index (χ1) is 9.95. The number of aliphatic hydroxyl groups is 1. The highest BCUT2D eigenvalue weighted by Gasteiger charge is 2.31. The summed E-state index contributed by atoms with van der Waals surface area (Å²) in [5.74, 6) is 0.944. The molecule has 0 saturated carbocycles. The number of hydrogen-bond acceptors (Lipinski definition) is 4. The molecule has 0 fully saturated rings. The highest BCUT2D eigenvalue weighted by molar-refractivity contribution is 7.09. The van der Waals surface area contributed by atoms with Gasteiger partial charge in [0.25, 0.3) is 0 Å². The first-order valence-corrected chi connectivity index (χ1v) is 8.18. The molecule has 1 aliphatic heterocycles. The van der Waals surface area contributed by atoms with E-state index in [1.165, 1.54) is 0 Å². The zero-order chi connectivity index (χ0) is 15.0. The van der Waals surface area contributed by atoms with Crippen LogP contribution in [0.1, 0.15) is 43.0 Å². The van der Waals surface area contributed by atoms with Crippen LogP contribution < -0.4 is 4.74 Å². The molecule has 2 heterocycles. The Labute approximate surface area is 129 Å². The maximum absolute atomic E-state index is 10.5. The van der Waals surface area contributed by atoms with Gasteiger partial charge in [0, 0.05) is 28.7 Å². The summed E-state index contributed by atoms with van der Waals surface area (Å²) in [6.45, 7) is 7.02. The average Bonchev–Trinajstić information content (AvgIpc) is 3.03. The second-order valence-corrected chi connectivity index (χ2v) is 7.55. The van der Waals surface area contributed by atoms with E-state index in [2.05, 4.69) is 31.1 Å². The first-order valence-electron chi connectivity index (χ1n) is 7.30. The molecule has 0 aliphatic carbocycles. The van der Waals surface area contributed by atoms with Gasteiger partial charge in [-0.2, -0.15) is 0 Å². The van der Waals surface area contributed by atoms with Gasteiger partial charge in [-0.15, -0.1) is 11.3 Å². The lowest BCUT2D eigenvalue weighted by Gasteiger charge is -2.16. The summed E-state index contributed by atoms with van der Waals surface area (Å²) >= 11 is 1.63. The topological polar surface area (TPSA) is 42.4 Å². The van der Waals surface area contributed by atoms with Gasteiger partial charge in [0.05, 0.1) is 23.4 Å². The van der Waals surface area contributed by atoms with E-state index in [9.17, 15) is 5.11 Å². The quantitative estimate of drug-likeness (QED) is 0.943. The molecule has 3 nitrogen and oxygen atoms in total. The van der Waals surface area contributed by atoms with Gasteiger partial charge in [0.15, 0.2) is 0 Å². The van der Waals surface area contributed by atoms with E-state index in [0.29, 0.717) is 13.0 Å². The van der Waals surface area contributed by atoms with Crippen molar-refractivity contribution in [1.29, 1.82) is 0 Å². The molecule has 112 valence electrons. The third-order valence-corrected chi connectivity index (χ3v) is 4.78. The minimum atomic E-state index is -0.451. The normalized spacial score (nSPS) is 19.1. The zero-order valence-electron chi connectivity index (χ0n) is 12.7. The summed E-state index contributed by atoms with van der Waals surface area (Å²) in [5, 5.41) is 13.6. The Morgan fingerprint density at radius 2 is 2.14 bits per heavy atom. The molecule has 2 aromatic rings. The third kappa shape index (κ3) is 2.97. The molecule has 4 heteroatoms. The van der Waals surface area contributed by atoms with Gasteiger partial charge >= 0.3 is 0 Å². The van der Waals surface area contributed by atoms with Crippen molar-refractivity contribution in [2.45, 2.75) is 44.6 Å². The summed E-state index contributed by atoms with van der Waals surface area (Å²) in [7, 11) is 0. The van der Waals surface area contributed by atoms with Crippen LogP contribution in [0, 0.1) is 0 Å². The van der Waals surface area contributed by atoms with E-state index < -0.39 is 6.10 Å². The molecule has 3 rings (SSSR count). The van der Waals surface area contributed by atoms with Crippen LogP contribution >= 0.6 is 11.3 Å². The molecule has 0 amide bonds. The lowest BCUT2D eigenvalue weighted by Crippen LogP contribution is -2.22. The average molecular weight is 303 g/mol. The molecule has 0 saturated heterocycles. The van der Waals surface area contributed by atoms with Crippen molar-refractivity contribution in [3.63, 3.8) is 0 Å². The van der Waals surface area contributed by atoms with Gasteiger partial charge in [-0.05, 0) is 6.07 Å². The molecule has 1 aliphatic rings. The highest BCUT2D eigenvalue weighted by atomic mass is 32.1. The molecule has 2 unspecified atom stereocenters. The van der Waals surface area contributed by atoms with E-state index in [0.717, 1.165) is 22.0 Å². The van der Waals surface area contributed by atoms with Gasteiger partial charge < -0.3 is 9.84 Å². The van der Waals surface area contributed by atoms with Crippen LogP contribution in [0.25, 0.3) is 0 Å². The minimum absolute atomic E-state index is 0.0446. The predicted octanol–water partition coefficient (Wildman–Crippen LogP) is 3.52. The van der Waals surface area contributed by atoms with E-state index in [-0.39, 0.29) is 11.3 Å². The van der Waals surface area contributed by atoms with E-state index >= 15 is 0 Å². The van der Waals surface area contributed by atoms with Crippen molar-refractivity contribution in [3.05, 3.63) is 45.9 Å². The van der Waals surface area contributed by atoms with Crippen LogP contribution in [0.3, 0.4) is 0 Å². The lowest BCUT2D eigenvalue weighted by molar-refractivity contribution is 0.129. The molecule has 1 N–H and O–H groups in total. The van der Waals surface area contributed by atoms with E-state index in [1.54, 1.807) is 11.3 Å². The summed E-state index contributed by atoms with van der Waals surface area (Å²) in [4.78, 5) is 4.67. The van der Waals surface area contributed by atoms with Gasteiger partial charge in [-0.1, -0.05) is 39.0 Å². The minimum Gasteiger partial charge on any atom is -0.493 e. The fraction of sp³-hybridized carbons (Fsp3) is 0.471. The van der Waals surface area contributed by atoms with Crippen molar-refractivity contribution in [2.75, 3.05) is 6.61 Å². The lowest BCUT2D eigenvalue weighted by atomic mass is 9.93. The van der Waals surface area contributed by atoms with Crippen LogP contribution in [-0.4, -0.2) is 22.8 Å². The van der Waals surface area contributed by atoms with Crippen LogP contribution in [0.2, 0.25) is 0 Å². The molecule has 1 aromatic carbocycles. The largest absolute Gasteiger partial charge is 0.493 e. The van der Waals surface area contributed by atoms with Crippen molar-refractivity contribution >= 4 is 11.3 Å². The molecular weight excluding hydrogens is 282 g/mol. The standard InChI is InChI=1S/C17H21NO2S/c1-17(2,3)15-10-21-16(18-15)8-13(19)12-9-20-14-7-5-4-6-11(12)14/h4-7,10,12-13,19H,8-9H2,1-3H3. The number of ether oxygens (including phenoxy) is 1. The number of para-hydroxylation sites is 1. The number of fused-ring (bicyclic) bond motifs is 1. The Bertz CT molecular complexity index is 630. The molecule has 2 atom stereocenters. The summed E-state index contributed by atoms with van der Waals surface area (Å²) in [6.07, 6.45) is 0.135. The number of rotatable bonds is 3. The predicted molar refractivity (Wildman–Crippen MR) is 85.2 cm³/mol. The third-order valence-electron chi connectivity index (χ3n) is 3.91. The second kappa shape index (κ2) is 5.43. The Hall–Kier alpha value is -1.39. The Morgan fingerprint density at radius 1 is 1.38 bits per heavy atom. The number of benzene rings is 1. The Morgan fingerprint density at radius 3 is 2.86 bits per heavy atom. The second-order valence-electron chi connectivity index (χ2n) is 6.60. The maximum atomic E-state index is 10.5. The van der Waals surface area contributed by atoms with Crippen LogP contribution in [-0.2, 0) is 11.8 Å². The summed E-state index contributed by atoms with van der Waals surface area (Å²) in [6, 6.07) is 7.96. The molecular formula is C17H21NO2S. The van der Waals surface area contributed by atoms with Crippen molar-refractivity contribution in [3.8, 4) is 5.75 Å². The highest BCUT2D eigenvalue weighted by Crippen LogP contribution is 2.36. The molecule has 0 spiro atoms. The molecule has 1 aromatic heterocycles. The van der Waals surface area contributed by atoms with Gasteiger partial charge in [0.2, 0.25) is 0 Å². The number of thiazole rings is 1. The summed E-state index contributed by atoms with van der Waals surface area (Å²) in [5.41, 5.74) is 2.26. The number of hydrogen-bond donors (Lipinski definition) is 1. The maximum Gasteiger partial charge on any atom is 0.123 e.